The summed E-state index contributed by atoms with van der Waals surface area (Å²) in [6.07, 6.45) is 0.766. The van der Waals surface area contributed by atoms with Crippen molar-refractivity contribution < 1.29 is 19.6 Å². The molecule has 0 fully saturated rings. The molecule has 21 heavy (non-hydrogen) atoms. The van der Waals surface area contributed by atoms with Crippen LogP contribution in [0.4, 0.5) is 0 Å². The van der Waals surface area contributed by atoms with E-state index in [-0.39, 0.29) is 12.3 Å². The minimum absolute atomic E-state index is 0.194. The summed E-state index contributed by atoms with van der Waals surface area (Å²) in [4.78, 5) is 40.8. The summed E-state index contributed by atoms with van der Waals surface area (Å²) in [5.41, 5.74) is 0. The number of hydrogen-bond acceptors (Lipinski definition) is 4. The van der Waals surface area contributed by atoms with Gasteiger partial charge >= 0.3 is 125 Å². The van der Waals surface area contributed by atoms with Gasteiger partial charge < -0.3 is 0 Å². The SMILES string of the molecule is O[PH](O)(CCC[PH](O)(O)c1ccccc1)c1ccccc1. The third-order valence-electron chi connectivity index (χ3n) is 3.52. The molecule has 4 nitrogen and oxygen atoms in total. The Bertz CT molecular complexity index is 507. The average molecular weight is 328 g/mol. The van der Waals surface area contributed by atoms with E-state index in [0.717, 1.165) is 0 Å². The topological polar surface area (TPSA) is 80.9 Å². The van der Waals surface area contributed by atoms with Gasteiger partial charge in [0, 0.05) is 0 Å². The molecule has 2 aromatic carbocycles. The van der Waals surface area contributed by atoms with Gasteiger partial charge in [-0.3, -0.25) is 0 Å². The molecule has 0 aliphatic carbocycles. The van der Waals surface area contributed by atoms with E-state index in [1.165, 1.54) is 0 Å². The van der Waals surface area contributed by atoms with Crippen LogP contribution in [0.2, 0.25) is 0 Å². The molecule has 0 spiro atoms. The fourth-order valence-corrected chi connectivity index (χ4v) is 6.00. The molecule has 2 rings (SSSR count). The van der Waals surface area contributed by atoms with E-state index < -0.39 is 15.4 Å². The van der Waals surface area contributed by atoms with Gasteiger partial charge in [0.15, 0.2) is 0 Å². The van der Waals surface area contributed by atoms with Crippen LogP contribution < -0.4 is 10.6 Å². The molecule has 0 saturated heterocycles. The summed E-state index contributed by atoms with van der Waals surface area (Å²) in [6, 6.07) is 17.5. The van der Waals surface area contributed by atoms with Crippen molar-refractivity contribution in [1.82, 2.24) is 0 Å². The zero-order chi connectivity index (χ0) is 15.3. The van der Waals surface area contributed by atoms with Gasteiger partial charge in [0.2, 0.25) is 0 Å². The third-order valence-corrected chi connectivity index (χ3v) is 8.14. The molecule has 0 amide bonds. The van der Waals surface area contributed by atoms with Crippen molar-refractivity contribution in [2.75, 3.05) is 12.3 Å². The van der Waals surface area contributed by atoms with Crippen LogP contribution >= 0.6 is 15.4 Å². The standard InChI is InChI=1S/C15H22O4P2/c16-20(17,14-8-3-1-4-9-14)12-7-13-21(18,19)15-10-5-2-6-11-15/h1-6,8-11,16-21H,7,12-13H2. The van der Waals surface area contributed by atoms with Crippen molar-refractivity contribution >= 4 is 26.0 Å². The molecule has 0 radical (unpaired) electrons. The molecule has 0 aliphatic heterocycles. The molecule has 0 bridgehead atoms. The molecular formula is C15H22O4P2. The first kappa shape index (κ1) is 16.5. The van der Waals surface area contributed by atoms with E-state index in [2.05, 4.69) is 0 Å². The van der Waals surface area contributed by atoms with Crippen molar-refractivity contribution in [2.45, 2.75) is 6.42 Å². The van der Waals surface area contributed by atoms with Crippen molar-refractivity contribution in [3.05, 3.63) is 60.7 Å². The van der Waals surface area contributed by atoms with E-state index in [4.69, 9.17) is 0 Å². The molecular weight excluding hydrogens is 306 g/mol. The molecule has 2 aromatic rings. The second kappa shape index (κ2) is 6.93. The van der Waals surface area contributed by atoms with Gasteiger partial charge in [0.05, 0.1) is 0 Å². The molecule has 4 N–H and O–H groups in total. The van der Waals surface area contributed by atoms with Crippen molar-refractivity contribution in [2.24, 2.45) is 0 Å². The summed E-state index contributed by atoms with van der Waals surface area (Å²) in [5, 5.41) is 1.10. The van der Waals surface area contributed by atoms with E-state index in [0.29, 0.717) is 17.0 Å². The number of benzene rings is 2. The molecule has 116 valence electrons. The Labute approximate surface area is 125 Å². The summed E-state index contributed by atoms with van der Waals surface area (Å²) in [6.45, 7) is 0. The molecule has 0 aliphatic rings. The average Bonchev–Trinajstić information content (AvgIpc) is 2.49. The summed E-state index contributed by atoms with van der Waals surface area (Å²) in [7, 11) is -6.96. The monoisotopic (exact) mass is 328 g/mol. The maximum absolute atomic E-state index is 10.2. The second-order valence-corrected chi connectivity index (χ2v) is 10.6. The van der Waals surface area contributed by atoms with Crippen molar-refractivity contribution in [3.8, 4) is 0 Å². The van der Waals surface area contributed by atoms with Gasteiger partial charge in [-0.15, -0.1) is 0 Å². The Kier molecular flexibility index (Phi) is 5.45. The summed E-state index contributed by atoms with van der Waals surface area (Å²) < 4.78 is 0. The zero-order valence-corrected chi connectivity index (χ0v) is 13.7. The normalized spacial score (nSPS) is 13.9. The molecule has 0 heterocycles. The quantitative estimate of drug-likeness (QED) is 0.600. The van der Waals surface area contributed by atoms with Crippen LogP contribution in [-0.4, -0.2) is 31.9 Å². The molecule has 0 atom stereocenters. The summed E-state index contributed by atoms with van der Waals surface area (Å²) in [5.74, 6) is 0. The Morgan fingerprint density at radius 1 is 0.571 bits per heavy atom. The van der Waals surface area contributed by atoms with E-state index in [1.54, 1.807) is 48.5 Å². The summed E-state index contributed by atoms with van der Waals surface area (Å²) >= 11 is 0. The van der Waals surface area contributed by atoms with E-state index >= 15 is 0 Å². The fourth-order valence-electron chi connectivity index (χ4n) is 2.28. The molecule has 6 heteroatoms. The maximum atomic E-state index is 10.2. The van der Waals surface area contributed by atoms with Gasteiger partial charge in [-0.2, -0.15) is 0 Å². The van der Waals surface area contributed by atoms with Crippen LogP contribution in [0.5, 0.6) is 0 Å². The van der Waals surface area contributed by atoms with Crippen LogP contribution in [0.1, 0.15) is 6.42 Å². The number of rotatable bonds is 6. The fraction of sp³-hybridized carbons (Fsp3) is 0.200. The third kappa shape index (κ3) is 4.55. The Morgan fingerprint density at radius 3 is 1.24 bits per heavy atom. The van der Waals surface area contributed by atoms with Gasteiger partial charge in [0.25, 0.3) is 0 Å². The van der Waals surface area contributed by atoms with Crippen molar-refractivity contribution in [3.63, 3.8) is 0 Å². The Balaban J connectivity index is 1.95. The molecule has 0 unspecified atom stereocenters. The van der Waals surface area contributed by atoms with Gasteiger partial charge in [0.1, 0.15) is 0 Å². The molecule has 0 saturated carbocycles. The predicted octanol–water partition coefficient (Wildman–Crippen LogP) is 1.16. The van der Waals surface area contributed by atoms with Gasteiger partial charge in [-0.05, 0) is 0 Å². The minimum atomic E-state index is -3.48. The van der Waals surface area contributed by atoms with E-state index in [9.17, 15) is 19.6 Å². The van der Waals surface area contributed by atoms with Crippen LogP contribution in [0.3, 0.4) is 0 Å². The van der Waals surface area contributed by atoms with Crippen LogP contribution in [0, 0.1) is 0 Å². The number of hydrogen-bond donors (Lipinski definition) is 4. The molecule has 0 aromatic heterocycles. The predicted molar refractivity (Wildman–Crippen MR) is 92.0 cm³/mol. The first-order valence-electron chi connectivity index (χ1n) is 6.92. The van der Waals surface area contributed by atoms with Crippen LogP contribution in [-0.2, 0) is 0 Å². The van der Waals surface area contributed by atoms with Crippen LogP contribution in [0.25, 0.3) is 0 Å². The van der Waals surface area contributed by atoms with Crippen molar-refractivity contribution in [1.29, 1.82) is 0 Å². The Hall–Kier alpha value is -0.860. The van der Waals surface area contributed by atoms with E-state index in [1.807, 2.05) is 12.1 Å². The van der Waals surface area contributed by atoms with Gasteiger partial charge in [-0.25, -0.2) is 0 Å². The zero-order valence-electron chi connectivity index (χ0n) is 11.7. The van der Waals surface area contributed by atoms with Crippen LogP contribution in [0.15, 0.2) is 60.7 Å². The second-order valence-electron chi connectivity index (χ2n) is 5.22. The Morgan fingerprint density at radius 2 is 0.905 bits per heavy atom. The van der Waals surface area contributed by atoms with Gasteiger partial charge in [-0.1, -0.05) is 0 Å². The first-order valence-corrected chi connectivity index (χ1v) is 11.1. The first-order chi connectivity index (χ1) is 9.92.